The molecule has 0 spiro atoms. The summed E-state index contributed by atoms with van der Waals surface area (Å²) in [5.41, 5.74) is -0.591. The summed E-state index contributed by atoms with van der Waals surface area (Å²) < 4.78 is 7.76. The largest absolute Gasteiger partial charge is 0.457 e. The van der Waals surface area contributed by atoms with E-state index in [0.717, 1.165) is 17.8 Å². The molecule has 0 aliphatic rings. The number of thiazole rings is 1. The zero-order valence-corrected chi connectivity index (χ0v) is 20.8. The van der Waals surface area contributed by atoms with Crippen LogP contribution in [0.3, 0.4) is 0 Å². The van der Waals surface area contributed by atoms with Gasteiger partial charge in [0.1, 0.15) is 22.7 Å². The van der Waals surface area contributed by atoms with Crippen molar-refractivity contribution < 1.29 is 18.9 Å². The van der Waals surface area contributed by atoms with E-state index in [1.165, 1.54) is 28.9 Å². The van der Waals surface area contributed by atoms with E-state index in [1.807, 2.05) is 6.92 Å². The van der Waals surface area contributed by atoms with Crippen LogP contribution in [-0.2, 0) is 16.1 Å². The third-order valence-corrected chi connectivity index (χ3v) is 6.11. The Morgan fingerprint density at radius 3 is 2.63 bits per heavy atom. The van der Waals surface area contributed by atoms with Crippen LogP contribution < -0.4 is 20.1 Å². The molecule has 1 aromatic carbocycles. The molecule has 2 aromatic heterocycles. The molecule has 0 radical (unpaired) electrons. The average molecular weight is 498 g/mol. The van der Waals surface area contributed by atoms with Gasteiger partial charge in [0.05, 0.1) is 9.46 Å². The molecule has 0 saturated carbocycles. The lowest BCUT2D eigenvalue weighted by atomic mass is 9.91. The number of rotatable bonds is 8. The van der Waals surface area contributed by atoms with Gasteiger partial charge >= 0.3 is 0 Å². The molecule has 35 heavy (non-hydrogen) atoms. The molecule has 0 bridgehead atoms. The number of benzene rings is 1. The minimum atomic E-state index is -0.645. The Bertz CT molecular complexity index is 1440. The molecular weight excluding hydrogens is 470 g/mol. The van der Waals surface area contributed by atoms with Crippen molar-refractivity contribution in [1.29, 1.82) is 0 Å². The van der Waals surface area contributed by atoms with Gasteiger partial charge < -0.3 is 9.73 Å². The lowest BCUT2D eigenvalue weighted by Gasteiger charge is -2.12. The first-order valence-electron chi connectivity index (χ1n) is 11.1. The minimum absolute atomic E-state index is 0.0596. The molecule has 0 aliphatic heterocycles. The van der Waals surface area contributed by atoms with Crippen molar-refractivity contribution in [2.24, 2.45) is 5.41 Å². The first kappa shape index (κ1) is 25.8. The van der Waals surface area contributed by atoms with Gasteiger partial charge in [0, 0.05) is 41.8 Å². The Morgan fingerprint density at radius 2 is 1.97 bits per heavy atom. The summed E-state index contributed by atoms with van der Waals surface area (Å²) in [5, 5.41) is 13.8. The fourth-order valence-electron chi connectivity index (χ4n) is 3.07. The van der Waals surface area contributed by atoms with Crippen LogP contribution in [0, 0.1) is 15.5 Å². The Balaban J connectivity index is 2.05. The fourth-order valence-corrected chi connectivity index (χ4v) is 4.09. The standard InChI is InChI=1S/C25H27N3O6S/c1-5-11-26-22(30)15-27-23(14-21(29)25(2,3)4)35-20(24(27)31)13-18-9-10-19(34-18)16-7-6-8-17(12-16)28(32)33/h6-10,12-14H,5,11,15H2,1-4H3,(H,26,30)/b20-13+,23-14+. The maximum Gasteiger partial charge on any atom is 0.270 e. The smallest absolute Gasteiger partial charge is 0.270 e. The van der Waals surface area contributed by atoms with Crippen molar-refractivity contribution in [3.8, 4) is 11.3 Å². The third kappa shape index (κ3) is 6.42. The van der Waals surface area contributed by atoms with Crippen molar-refractivity contribution in [2.45, 2.75) is 40.7 Å². The molecule has 2 heterocycles. The van der Waals surface area contributed by atoms with E-state index in [-0.39, 0.29) is 23.9 Å². The Kier molecular flexibility index (Phi) is 7.85. The van der Waals surface area contributed by atoms with Gasteiger partial charge in [-0.1, -0.05) is 39.8 Å². The highest BCUT2D eigenvalue weighted by molar-refractivity contribution is 7.07. The van der Waals surface area contributed by atoms with E-state index in [0.29, 0.717) is 32.8 Å². The van der Waals surface area contributed by atoms with Crippen LogP contribution in [0.4, 0.5) is 5.69 Å². The number of ketones is 1. The topological polar surface area (TPSA) is 124 Å². The SMILES string of the molecule is CCCNC(=O)Cn1c(=O)/c(=C\c2ccc(-c3cccc([N+](=O)[O-])c3)o2)s/c1=C/C(=O)C(C)(C)C. The number of nitro benzene ring substituents is 1. The van der Waals surface area contributed by atoms with Crippen LogP contribution >= 0.6 is 11.3 Å². The first-order valence-corrected chi connectivity index (χ1v) is 11.9. The number of nitro groups is 1. The van der Waals surface area contributed by atoms with E-state index in [2.05, 4.69) is 5.32 Å². The van der Waals surface area contributed by atoms with Gasteiger partial charge in [0.2, 0.25) is 5.91 Å². The Labute approximate surface area is 205 Å². The van der Waals surface area contributed by atoms with E-state index >= 15 is 0 Å². The number of furan rings is 1. The summed E-state index contributed by atoms with van der Waals surface area (Å²) in [4.78, 5) is 48.7. The second kappa shape index (κ2) is 10.6. The highest BCUT2D eigenvalue weighted by Crippen LogP contribution is 2.26. The first-order chi connectivity index (χ1) is 16.5. The van der Waals surface area contributed by atoms with Crippen molar-refractivity contribution >= 4 is 40.9 Å². The summed E-state index contributed by atoms with van der Waals surface area (Å²) in [5.74, 6) is 0.285. The predicted octanol–water partition coefficient (Wildman–Crippen LogP) is 2.83. The second-order valence-corrected chi connectivity index (χ2v) is 10.0. The van der Waals surface area contributed by atoms with E-state index in [1.54, 1.807) is 45.0 Å². The minimum Gasteiger partial charge on any atom is -0.457 e. The van der Waals surface area contributed by atoms with Gasteiger partial charge in [-0.15, -0.1) is 11.3 Å². The number of hydrogen-bond donors (Lipinski definition) is 1. The molecule has 1 amide bonds. The van der Waals surface area contributed by atoms with Gasteiger partial charge in [-0.2, -0.15) is 0 Å². The lowest BCUT2D eigenvalue weighted by Crippen LogP contribution is -2.38. The zero-order chi connectivity index (χ0) is 25.8. The van der Waals surface area contributed by atoms with Gasteiger partial charge in [-0.05, 0) is 18.6 Å². The van der Waals surface area contributed by atoms with Crippen LogP contribution in [0.5, 0.6) is 0 Å². The van der Waals surface area contributed by atoms with Gasteiger partial charge in [-0.25, -0.2) is 0 Å². The van der Waals surface area contributed by atoms with E-state index in [4.69, 9.17) is 4.42 Å². The molecule has 10 heteroatoms. The maximum atomic E-state index is 13.1. The molecule has 3 aromatic rings. The average Bonchev–Trinajstić information content (AvgIpc) is 3.38. The number of nitrogens with one attached hydrogen (secondary N) is 1. The van der Waals surface area contributed by atoms with Crippen LogP contribution in [0.25, 0.3) is 23.5 Å². The quantitative estimate of drug-likeness (QED) is 0.377. The molecule has 0 unspecified atom stereocenters. The highest BCUT2D eigenvalue weighted by Gasteiger charge is 2.20. The summed E-state index contributed by atoms with van der Waals surface area (Å²) in [7, 11) is 0. The molecule has 0 atom stereocenters. The third-order valence-electron chi connectivity index (χ3n) is 5.05. The second-order valence-electron chi connectivity index (χ2n) is 8.96. The van der Waals surface area contributed by atoms with Gasteiger partial charge in [0.15, 0.2) is 5.78 Å². The summed E-state index contributed by atoms with van der Waals surface area (Å²) in [6.45, 7) is 7.55. The Hall–Kier alpha value is -3.79. The number of nitrogens with zero attached hydrogens (tertiary/aromatic N) is 2. The molecule has 0 fully saturated rings. The molecule has 0 saturated heterocycles. The highest BCUT2D eigenvalue weighted by atomic mass is 32.1. The number of Topliss-reactive ketones (excluding diaryl/α,β-unsaturated/α-hetero) is 1. The van der Waals surface area contributed by atoms with Crippen molar-refractivity contribution in [3.63, 3.8) is 0 Å². The molecule has 184 valence electrons. The Morgan fingerprint density at radius 1 is 1.23 bits per heavy atom. The number of hydrogen-bond acceptors (Lipinski definition) is 7. The number of carbonyl (C=O) groups excluding carboxylic acids is 2. The van der Waals surface area contributed by atoms with Gasteiger partial charge in [0.25, 0.3) is 11.2 Å². The predicted molar refractivity (Wildman–Crippen MR) is 134 cm³/mol. The van der Waals surface area contributed by atoms with Crippen LogP contribution in [0.2, 0.25) is 0 Å². The zero-order valence-electron chi connectivity index (χ0n) is 20.0. The normalized spacial score (nSPS) is 12.7. The lowest BCUT2D eigenvalue weighted by molar-refractivity contribution is -0.384. The monoisotopic (exact) mass is 497 g/mol. The summed E-state index contributed by atoms with van der Waals surface area (Å²) >= 11 is 1.09. The summed E-state index contributed by atoms with van der Waals surface area (Å²) in [6.07, 6.45) is 3.69. The van der Waals surface area contributed by atoms with E-state index in [9.17, 15) is 24.5 Å². The number of non-ortho nitro benzene ring substituents is 1. The molecular formula is C25H27N3O6S. The van der Waals surface area contributed by atoms with Crippen molar-refractivity contribution in [2.75, 3.05) is 6.54 Å². The number of carbonyl (C=O) groups is 2. The van der Waals surface area contributed by atoms with Crippen LogP contribution in [-0.4, -0.2) is 27.7 Å². The van der Waals surface area contributed by atoms with Crippen LogP contribution in [0.1, 0.15) is 39.9 Å². The summed E-state index contributed by atoms with van der Waals surface area (Å²) in [6, 6.07) is 9.35. The fraction of sp³-hybridized carbons (Fsp3) is 0.320. The molecule has 0 aliphatic carbocycles. The molecule has 3 rings (SSSR count). The maximum absolute atomic E-state index is 13.1. The molecule has 9 nitrogen and oxygen atoms in total. The van der Waals surface area contributed by atoms with Crippen LogP contribution in [0.15, 0.2) is 45.6 Å². The number of amides is 1. The van der Waals surface area contributed by atoms with Gasteiger partial charge in [-0.3, -0.25) is 29.1 Å². The van der Waals surface area contributed by atoms with Crippen molar-refractivity contribution in [3.05, 3.63) is 71.8 Å². The van der Waals surface area contributed by atoms with Crippen molar-refractivity contribution in [1.82, 2.24) is 9.88 Å². The van der Waals surface area contributed by atoms with E-state index < -0.39 is 15.9 Å². The molecule has 1 N–H and O–H groups in total. The number of aromatic nitrogens is 1.